The number of ether oxygens (including phenoxy) is 1. The van der Waals surface area contributed by atoms with Gasteiger partial charge in [0, 0.05) is 10.6 Å². The lowest BCUT2D eigenvalue weighted by molar-refractivity contribution is -0.139. The van der Waals surface area contributed by atoms with Crippen molar-refractivity contribution in [1.29, 1.82) is 0 Å². The van der Waals surface area contributed by atoms with Gasteiger partial charge in [-0.2, -0.15) is 0 Å². The van der Waals surface area contributed by atoms with Crippen LogP contribution in [0.15, 0.2) is 83.8 Å². The van der Waals surface area contributed by atoms with Gasteiger partial charge in [0.25, 0.3) is 6.43 Å². The molecule has 3 aromatic carbocycles. The van der Waals surface area contributed by atoms with Crippen LogP contribution >= 0.6 is 23.4 Å². The molecule has 0 saturated heterocycles. The van der Waals surface area contributed by atoms with Gasteiger partial charge in [0.15, 0.2) is 12.8 Å². The van der Waals surface area contributed by atoms with E-state index in [9.17, 15) is 18.0 Å². The number of hydrogen-bond acceptors (Lipinski definition) is 3. The third-order valence-corrected chi connectivity index (χ3v) is 5.86. The molecule has 1 N–H and O–H groups in total. The SMILES string of the molecule is O=C(O)COc1ccc(SCC=C(c2ccccc2)c2ccccc2C(F)C(F)F)cc1Cl. The first-order chi connectivity index (χ1) is 15.9. The summed E-state index contributed by atoms with van der Waals surface area (Å²) >= 11 is 7.60. The Kier molecular flexibility index (Phi) is 8.86. The number of rotatable bonds is 10. The van der Waals surface area contributed by atoms with Crippen molar-refractivity contribution in [2.24, 2.45) is 0 Å². The molecule has 3 aromatic rings. The van der Waals surface area contributed by atoms with Gasteiger partial charge in [-0.15, -0.1) is 11.8 Å². The first kappa shape index (κ1) is 24.7. The molecule has 0 saturated carbocycles. The summed E-state index contributed by atoms with van der Waals surface area (Å²) < 4.78 is 45.7. The molecule has 0 spiro atoms. The maximum atomic E-state index is 14.3. The molecular weight excluding hydrogens is 473 g/mol. The Balaban J connectivity index is 1.86. The lowest BCUT2D eigenvalue weighted by atomic mass is 9.92. The molecule has 0 radical (unpaired) electrons. The van der Waals surface area contributed by atoms with Gasteiger partial charge in [-0.25, -0.2) is 18.0 Å². The average Bonchev–Trinajstić information content (AvgIpc) is 2.81. The molecule has 0 aliphatic rings. The van der Waals surface area contributed by atoms with E-state index < -0.39 is 25.2 Å². The number of halogens is 4. The summed E-state index contributed by atoms with van der Waals surface area (Å²) in [6.07, 6.45) is -3.65. The number of alkyl halides is 3. The van der Waals surface area contributed by atoms with Crippen LogP contribution in [0.5, 0.6) is 5.75 Å². The minimum absolute atomic E-state index is 0.0596. The quantitative estimate of drug-likeness (QED) is 0.301. The molecule has 1 unspecified atom stereocenters. The Labute approximate surface area is 198 Å². The van der Waals surface area contributed by atoms with Crippen LogP contribution in [0, 0.1) is 0 Å². The predicted molar refractivity (Wildman–Crippen MR) is 125 cm³/mol. The molecule has 3 rings (SSSR count). The second-order valence-corrected chi connectivity index (χ2v) is 8.39. The molecule has 0 bridgehead atoms. The Hall–Kier alpha value is -2.90. The topological polar surface area (TPSA) is 46.5 Å². The molecule has 0 aliphatic heterocycles. The second kappa shape index (κ2) is 11.8. The van der Waals surface area contributed by atoms with E-state index in [-0.39, 0.29) is 16.3 Å². The van der Waals surface area contributed by atoms with E-state index in [1.807, 2.05) is 36.4 Å². The number of carboxylic acid groups (broad SMARTS) is 1. The highest BCUT2D eigenvalue weighted by atomic mass is 35.5. The van der Waals surface area contributed by atoms with Crippen molar-refractivity contribution in [2.45, 2.75) is 17.5 Å². The van der Waals surface area contributed by atoms with E-state index in [2.05, 4.69) is 0 Å². The van der Waals surface area contributed by atoms with E-state index in [0.717, 1.165) is 10.5 Å². The average molecular weight is 493 g/mol. The van der Waals surface area contributed by atoms with Crippen LogP contribution in [0.25, 0.3) is 5.57 Å². The number of carbonyl (C=O) groups is 1. The van der Waals surface area contributed by atoms with Crippen molar-refractivity contribution in [1.82, 2.24) is 0 Å². The van der Waals surface area contributed by atoms with Gasteiger partial charge in [-0.05, 0) is 40.5 Å². The standard InChI is InChI=1S/C25H20ClF3O3S/c26-21-14-17(10-11-22(21)32-15-23(30)31)33-13-12-18(16-6-2-1-3-7-16)19-8-4-5-9-20(19)24(27)25(28)29/h1-12,14,24-25H,13,15H2,(H,30,31). The van der Waals surface area contributed by atoms with Crippen molar-refractivity contribution < 1.29 is 27.8 Å². The fraction of sp³-hybridized carbons (Fsp3) is 0.160. The molecule has 0 aromatic heterocycles. The summed E-state index contributed by atoms with van der Waals surface area (Å²) in [7, 11) is 0. The Morgan fingerprint density at radius 3 is 2.39 bits per heavy atom. The zero-order valence-electron chi connectivity index (χ0n) is 17.3. The number of hydrogen-bond donors (Lipinski definition) is 1. The van der Waals surface area contributed by atoms with Crippen LogP contribution in [0.4, 0.5) is 13.2 Å². The largest absolute Gasteiger partial charge is 0.480 e. The molecule has 0 fully saturated rings. The summed E-state index contributed by atoms with van der Waals surface area (Å²) in [6.45, 7) is -0.497. The van der Waals surface area contributed by atoms with Crippen molar-refractivity contribution in [2.75, 3.05) is 12.4 Å². The Morgan fingerprint density at radius 1 is 1.03 bits per heavy atom. The monoisotopic (exact) mass is 492 g/mol. The number of carboxylic acids is 1. The maximum absolute atomic E-state index is 14.3. The molecular formula is C25H20ClF3O3S. The van der Waals surface area contributed by atoms with Gasteiger partial charge in [0.1, 0.15) is 5.75 Å². The van der Waals surface area contributed by atoms with Gasteiger partial charge in [-0.3, -0.25) is 0 Å². The number of aliphatic carboxylic acids is 1. The lowest BCUT2D eigenvalue weighted by Gasteiger charge is -2.16. The molecule has 8 heteroatoms. The van der Waals surface area contributed by atoms with Gasteiger partial charge in [0.2, 0.25) is 0 Å². The molecule has 0 heterocycles. The molecule has 1 atom stereocenters. The van der Waals surface area contributed by atoms with Crippen LogP contribution in [-0.4, -0.2) is 29.9 Å². The smallest absolute Gasteiger partial charge is 0.341 e. The molecule has 0 amide bonds. The first-order valence-corrected chi connectivity index (χ1v) is 11.3. The van der Waals surface area contributed by atoms with Crippen LogP contribution < -0.4 is 4.74 Å². The zero-order valence-corrected chi connectivity index (χ0v) is 18.8. The third kappa shape index (κ3) is 6.79. The summed E-state index contributed by atoms with van der Waals surface area (Å²) in [6, 6.07) is 20.4. The molecule has 172 valence electrons. The van der Waals surface area contributed by atoms with Crippen LogP contribution in [0.1, 0.15) is 22.9 Å². The normalized spacial score (nSPS) is 12.6. The molecule has 33 heavy (non-hydrogen) atoms. The third-order valence-electron chi connectivity index (χ3n) is 4.65. The van der Waals surface area contributed by atoms with Crippen molar-refractivity contribution in [3.8, 4) is 5.75 Å². The minimum atomic E-state index is -3.12. The minimum Gasteiger partial charge on any atom is -0.480 e. The van der Waals surface area contributed by atoms with Crippen LogP contribution in [0.2, 0.25) is 5.02 Å². The van der Waals surface area contributed by atoms with Crippen molar-refractivity contribution in [3.63, 3.8) is 0 Å². The second-order valence-electron chi connectivity index (χ2n) is 6.89. The summed E-state index contributed by atoms with van der Waals surface area (Å²) in [5.74, 6) is -0.389. The van der Waals surface area contributed by atoms with Crippen molar-refractivity contribution in [3.05, 3.63) is 101 Å². The predicted octanol–water partition coefficient (Wildman–Crippen LogP) is 7.30. The van der Waals surface area contributed by atoms with E-state index in [1.165, 1.54) is 17.8 Å². The number of thioether (sulfide) groups is 1. The van der Waals surface area contributed by atoms with E-state index >= 15 is 0 Å². The maximum Gasteiger partial charge on any atom is 0.341 e. The first-order valence-electron chi connectivity index (χ1n) is 9.91. The highest BCUT2D eigenvalue weighted by Crippen LogP contribution is 2.35. The highest BCUT2D eigenvalue weighted by Gasteiger charge is 2.25. The Bertz CT molecular complexity index is 1120. The summed E-state index contributed by atoms with van der Waals surface area (Å²) in [4.78, 5) is 11.5. The zero-order chi connectivity index (χ0) is 23.8. The molecule has 3 nitrogen and oxygen atoms in total. The summed E-state index contributed by atoms with van der Waals surface area (Å²) in [5, 5.41) is 8.99. The fourth-order valence-corrected chi connectivity index (χ4v) is 4.28. The van der Waals surface area contributed by atoms with Crippen LogP contribution in [-0.2, 0) is 4.79 Å². The van der Waals surface area contributed by atoms with Gasteiger partial charge in [-0.1, -0.05) is 72.3 Å². The van der Waals surface area contributed by atoms with E-state index in [1.54, 1.807) is 36.4 Å². The van der Waals surface area contributed by atoms with E-state index in [0.29, 0.717) is 16.9 Å². The lowest BCUT2D eigenvalue weighted by Crippen LogP contribution is -2.09. The van der Waals surface area contributed by atoms with Crippen LogP contribution in [0.3, 0.4) is 0 Å². The number of benzene rings is 3. The van der Waals surface area contributed by atoms with E-state index in [4.69, 9.17) is 21.4 Å². The Morgan fingerprint density at radius 2 is 1.73 bits per heavy atom. The van der Waals surface area contributed by atoms with Gasteiger partial charge in [0.05, 0.1) is 5.02 Å². The van der Waals surface area contributed by atoms with Crippen molar-refractivity contribution >= 4 is 34.9 Å². The fourth-order valence-electron chi connectivity index (χ4n) is 3.17. The molecule has 0 aliphatic carbocycles. The van der Waals surface area contributed by atoms with Gasteiger partial charge < -0.3 is 9.84 Å². The van der Waals surface area contributed by atoms with Gasteiger partial charge >= 0.3 is 5.97 Å². The summed E-state index contributed by atoms with van der Waals surface area (Å²) in [5.41, 5.74) is 1.78. The highest BCUT2D eigenvalue weighted by molar-refractivity contribution is 7.99.